The van der Waals surface area contributed by atoms with Gasteiger partial charge in [0.15, 0.2) is 0 Å². The zero-order valence-electron chi connectivity index (χ0n) is 11.0. The summed E-state index contributed by atoms with van der Waals surface area (Å²) in [5.74, 6) is -0.886. The van der Waals surface area contributed by atoms with E-state index in [0.29, 0.717) is 23.7 Å². The maximum atomic E-state index is 13.1. The van der Waals surface area contributed by atoms with Gasteiger partial charge >= 0.3 is 0 Å². The summed E-state index contributed by atoms with van der Waals surface area (Å²) in [6, 6.07) is 9.97. The van der Waals surface area contributed by atoms with E-state index < -0.39 is 5.95 Å². The van der Waals surface area contributed by atoms with Crippen LogP contribution in [0.4, 0.5) is 4.39 Å². The molecule has 5 heteroatoms. The minimum atomic E-state index is -0.658. The molecule has 0 fully saturated rings. The third-order valence-electron chi connectivity index (χ3n) is 2.90. The van der Waals surface area contributed by atoms with E-state index in [1.165, 1.54) is 12.3 Å². The highest BCUT2D eigenvalue weighted by Crippen LogP contribution is 2.14. The number of hydrogen-bond donors (Lipinski definition) is 0. The van der Waals surface area contributed by atoms with E-state index in [0.717, 1.165) is 11.6 Å². The maximum absolute atomic E-state index is 13.1. The molecule has 0 spiro atoms. The number of pyridine rings is 1. The summed E-state index contributed by atoms with van der Waals surface area (Å²) in [7, 11) is 0. The van der Waals surface area contributed by atoms with Gasteiger partial charge in [0.25, 0.3) is 5.91 Å². The van der Waals surface area contributed by atoms with Crippen molar-refractivity contribution in [2.24, 2.45) is 0 Å². The second-order valence-corrected chi connectivity index (χ2v) is 4.75. The Balaban J connectivity index is 2.18. The molecule has 1 aromatic carbocycles. The molecule has 1 amide bonds. The van der Waals surface area contributed by atoms with Crippen LogP contribution in [0.5, 0.6) is 0 Å². The predicted octanol–water partition coefficient (Wildman–Crippen LogP) is 3.54. The van der Waals surface area contributed by atoms with Crippen LogP contribution in [-0.4, -0.2) is 22.3 Å². The van der Waals surface area contributed by atoms with Gasteiger partial charge in [-0.25, -0.2) is 4.98 Å². The standard InChI is InChI=1S/C15H14ClFN2O/c1-2-19(10-11-4-3-5-13(16)8-11)15(20)12-6-7-18-14(17)9-12/h3-9H,2,10H2,1H3. The average Bonchev–Trinajstić information content (AvgIpc) is 2.44. The van der Waals surface area contributed by atoms with Gasteiger partial charge in [-0.1, -0.05) is 23.7 Å². The molecule has 0 saturated carbocycles. The normalized spacial score (nSPS) is 10.3. The Kier molecular flexibility index (Phi) is 4.69. The molecule has 0 unspecified atom stereocenters. The van der Waals surface area contributed by atoms with E-state index in [-0.39, 0.29) is 5.91 Å². The molecule has 0 saturated heterocycles. The summed E-state index contributed by atoms with van der Waals surface area (Å²) in [5.41, 5.74) is 1.23. The number of nitrogens with zero attached hydrogens (tertiary/aromatic N) is 2. The molecule has 3 nitrogen and oxygen atoms in total. The van der Waals surface area contributed by atoms with Crippen LogP contribution in [0.1, 0.15) is 22.8 Å². The fourth-order valence-electron chi connectivity index (χ4n) is 1.90. The Morgan fingerprint density at radius 1 is 1.35 bits per heavy atom. The number of halogens is 2. The molecule has 0 radical (unpaired) electrons. The number of rotatable bonds is 4. The maximum Gasteiger partial charge on any atom is 0.254 e. The van der Waals surface area contributed by atoms with Crippen molar-refractivity contribution in [3.63, 3.8) is 0 Å². The highest BCUT2D eigenvalue weighted by molar-refractivity contribution is 6.30. The van der Waals surface area contributed by atoms with Gasteiger partial charge in [0.2, 0.25) is 5.95 Å². The first-order chi connectivity index (χ1) is 9.60. The number of carbonyl (C=O) groups excluding carboxylic acids is 1. The summed E-state index contributed by atoms with van der Waals surface area (Å²) < 4.78 is 13.1. The summed E-state index contributed by atoms with van der Waals surface area (Å²) in [4.78, 5) is 17.4. The summed E-state index contributed by atoms with van der Waals surface area (Å²) in [6.07, 6.45) is 1.29. The van der Waals surface area contributed by atoms with Gasteiger partial charge in [-0.3, -0.25) is 4.79 Å². The van der Waals surface area contributed by atoms with Gasteiger partial charge in [-0.15, -0.1) is 0 Å². The molecule has 0 aliphatic rings. The second-order valence-electron chi connectivity index (χ2n) is 4.32. The van der Waals surface area contributed by atoms with Crippen molar-refractivity contribution in [2.75, 3.05) is 6.54 Å². The lowest BCUT2D eigenvalue weighted by Gasteiger charge is -2.21. The van der Waals surface area contributed by atoms with Crippen LogP contribution in [0.3, 0.4) is 0 Å². The van der Waals surface area contributed by atoms with Crippen molar-refractivity contribution in [2.45, 2.75) is 13.5 Å². The number of amides is 1. The van der Waals surface area contributed by atoms with Crippen molar-refractivity contribution in [1.82, 2.24) is 9.88 Å². The number of benzene rings is 1. The molecule has 1 aromatic heterocycles. The summed E-state index contributed by atoms with van der Waals surface area (Å²) in [5, 5.41) is 0.626. The van der Waals surface area contributed by atoms with Gasteiger partial charge in [-0.2, -0.15) is 4.39 Å². The molecular formula is C15H14ClFN2O. The van der Waals surface area contributed by atoms with Gasteiger partial charge in [-0.05, 0) is 30.7 Å². The van der Waals surface area contributed by atoms with E-state index in [9.17, 15) is 9.18 Å². The number of carbonyl (C=O) groups is 1. The van der Waals surface area contributed by atoms with Crippen LogP contribution in [-0.2, 0) is 6.54 Å². The summed E-state index contributed by atoms with van der Waals surface area (Å²) >= 11 is 5.93. The first-order valence-corrected chi connectivity index (χ1v) is 6.63. The van der Waals surface area contributed by atoms with Crippen molar-refractivity contribution in [3.8, 4) is 0 Å². The molecule has 0 bridgehead atoms. The SMILES string of the molecule is CCN(Cc1cccc(Cl)c1)C(=O)c1ccnc(F)c1. The smallest absolute Gasteiger partial charge is 0.254 e. The molecule has 0 aliphatic heterocycles. The number of aromatic nitrogens is 1. The van der Waals surface area contributed by atoms with Crippen molar-refractivity contribution in [1.29, 1.82) is 0 Å². The quantitative estimate of drug-likeness (QED) is 0.808. The minimum Gasteiger partial charge on any atom is -0.335 e. The van der Waals surface area contributed by atoms with Crippen molar-refractivity contribution < 1.29 is 9.18 Å². The molecule has 2 aromatic rings. The second kappa shape index (κ2) is 6.48. The van der Waals surface area contributed by atoms with E-state index in [2.05, 4.69) is 4.98 Å². The fourth-order valence-corrected chi connectivity index (χ4v) is 2.11. The molecule has 20 heavy (non-hydrogen) atoms. The molecular weight excluding hydrogens is 279 g/mol. The lowest BCUT2D eigenvalue weighted by atomic mass is 10.2. The van der Waals surface area contributed by atoms with Crippen molar-refractivity contribution >= 4 is 17.5 Å². The lowest BCUT2D eigenvalue weighted by molar-refractivity contribution is 0.0752. The van der Waals surface area contributed by atoms with E-state index in [1.54, 1.807) is 11.0 Å². The van der Waals surface area contributed by atoms with Gasteiger partial charge < -0.3 is 4.90 Å². The van der Waals surface area contributed by atoms with E-state index >= 15 is 0 Å². The molecule has 0 N–H and O–H groups in total. The first kappa shape index (κ1) is 14.5. The van der Waals surface area contributed by atoms with Gasteiger partial charge in [0.05, 0.1) is 0 Å². The zero-order valence-corrected chi connectivity index (χ0v) is 11.8. The Morgan fingerprint density at radius 2 is 2.15 bits per heavy atom. The third kappa shape index (κ3) is 3.54. The molecule has 2 rings (SSSR count). The molecule has 104 valence electrons. The summed E-state index contributed by atoms with van der Waals surface area (Å²) in [6.45, 7) is 2.83. The van der Waals surface area contributed by atoms with Crippen LogP contribution in [0.15, 0.2) is 42.6 Å². The van der Waals surface area contributed by atoms with Crippen LogP contribution in [0.2, 0.25) is 5.02 Å². The molecule has 0 aliphatic carbocycles. The van der Waals surface area contributed by atoms with Crippen LogP contribution in [0.25, 0.3) is 0 Å². The van der Waals surface area contributed by atoms with E-state index in [1.807, 2.05) is 25.1 Å². The monoisotopic (exact) mass is 292 g/mol. The third-order valence-corrected chi connectivity index (χ3v) is 3.14. The topological polar surface area (TPSA) is 33.2 Å². The lowest BCUT2D eigenvalue weighted by Crippen LogP contribution is -2.30. The average molecular weight is 293 g/mol. The van der Waals surface area contributed by atoms with Crippen LogP contribution < -0.4 is 0 Å². The van der Waals surface area contributed by atoms with Gasteiger partial charge in [0, 0.05) is 35.9 Å². The Bertz CT molecular complexity index is 618. The Labute approximate surface area is 122 Å². The minimum absolute atomic E-state index is 0.228. The highest BCUT2D eigenvalue weighted by Gasteiger charge is 2.15. The van der Waals surface area contributed by atoms with Gasteiger partial charge in [0.1, 0.15) is 0 Å². The highest BCUT2D eigenvalue weighted by atomic mass is 35.5. The molecule has 1 heterocycles. The largest absolute Gasteiger partial charge is 0.335 e. The zero-order chi connectivity index (χ0) is 14.5. The predicted molar refractivity (Wildman–Crippen MR) is 76.1 cm³/mol. The Morgan fingerprint density at radius 3 is 2.80 bits per heavy atom. The van der Waals surface area contributed by atoms with E-state index in [4.69, 9.17) is 11.6 Å². The molecule has 0 atom stereocenters. The number of hydrogen-bond acceptors (Lipinski definition) is 2. The van der Waals surface area contributed by atoms with Crippen molar-refractivity contribution in [3.05, 3.63) is 64.7 Å². The first-order valence-electron chi connectivity index (χ1n) is 6.25. The van der Waals surface area contributed by atoms with Crippen LogP contribution in [0, 0.1) is 5.95 Å². The van der Waals surface area contributed by atoms with Crippen LogP contribution >= 0.6 is 11.6 Å². The fraction of sp³-hybridized carbons (Fsp3) is 0.200. The Hall–Kier alpha value is -1.94.